The lowest BCUT2D eigenvalue weighted by atomic mass is 9.82. The Balaban J connectivity index is 1.64. The quantitative estimate of drug-likeness (QED) is 0.736. The lowest BCUT2D eigenvalue weighted by molar-refractivity contribution is -0.156. The molecule has 1 aliphatic heterocycles. The molecule has 6 heteroatoms. The molecule has 1 aromatic heterocycles. The fraction of sp³-hybridized carbons (Fsp3) is 0.435. The molecular formula is C23H26N2O4. The molecule has 29 heavy (non-hydrogen) atoms. The second-order valence-corrected chi connectivity index (χ2v) is 8.05. The van der Waals surface area contributed by atoms with E-state index in [1.165, 1.54) is 0 Å². The molecule has 6 nitrogen and oxygen atoms in total. The number of aryl methyl sites for hydroxylation is 1. The van der Waals surface area contributed by atoms with E-state index in [0.29, 0.717) is 18.5 Å². The zero-order chi connectivity index (χ0) is 20.8. The first-order chi connectivity index (χ1) is 13.8. The van der Waals surface area contributed by atoms with E-state index >= 15 is 0 Å². The number of aromatic nitrogens is 2. The van der Waals surface area contributed by atoms with Gasteiger partial charge in [0.2, 0.25) is 0 Å². The summed E-state index contributed by atoms with van der Waals surface area (Å²) in [6.45, 7) is 7.37. The topological polar surface area (TPSA) is 70.4 Å². The molecule has 2 heterocycles. The highest BCUT2D eigenvalue weighted by Gasteiger charge is 2.49. The van der Waals surface area contributed by atoms with Gasteiger partial charge in [-0.05, 0) is 46.1 Å². The van der Waals surface area contributed by atoms with Gasteiger partial charge in [-0.15, -0.1) is 0 Å². The van der Waals surface area contributed by atoms with Crippen LogP contribution in [0, 0.1) is 12.8 Å². The molecule has 1 aliphatic carbocycles. The summed E-state index contributed by atoms with van der Waals surface area (Å²) in [6.07, 6.45) is 3.53. The van der Waals surface area contributed by atoms with E-state index < -0.39 is 23.9 Å². The number of carbonyl (C=O) groups is 2. The molecule has 4 rings (SSSR count). The number of rotatable bonds is 4. The van der Waals surface area contributed by atoms with Crippen molar-refractivity contribution in [2.75, 3.05) is 0 Å². The highest BCUT2D eigenvalue weighted by molar-refractivity contribution is 6.12. The number of carbonyl (C=O) groups excluding carboxylic acids is 2. The lowest BCUT2D eigenvalue weighted by Crippen LogP contribution is -2.39. The van der Waals surface area contributed by atoms with Crippen LogP contribution in [0.4, 0.5) is 0 Å². The molecule has 1 saturated heterocycles. The molecule has 0 saturated carbocycles. The molecule has 2 aliphatic rings. The van der Waals surface area contributed by atoms with Crippen LogP contribution in [0.2, 0.25) is 0 Å². The molecular weight excluding hydrogens is 368 g/mol. The Morgan fingerprint density at radius 2 is 1.97 bits per heavy atom. The number of hydrogen-bond acceptors (Lipinski definition) is 5. The largest absolute Gasteiger partial charge is 0.339 e. The number of Topliss-reactive ketones (excluding diaryl/α,β-unsaturated/α-hetero) is 2. The predicted molar refractivity (Wildman–Crippen MR) is 108 cm³/mol. The molecule has 0 bridgehead atoms. The van der Waals surface area contributed by atoms with E-state index in [0.717, 1.165) is 17.1 Å². The molecule has 1 aromatic carbocycles. The van der Waals surface area contributed by atoms with E-state index in [4.69, 9.17) is 9.47 Å². The molecule has 1 fully saturated rings. The standard InChI is InChI=1S/C23H26N2O4/c1-5-13-25-14(2)24-18-17(25)12-11-16(19(18)26)20(27)22-21(28-23(3,4)29-22)15-9-7-6-8-10-15/h5-10,13,16,21-22H,11-12H2,1-4H3/b13-5-/t16?,21-,22-/m0/s1. The number of allylic oxidation sites excluding steroid dienone is 1. The maximum Gasteiger partial charge on any atom is 0.193 e. The van der Waals surface area contributed by atoms with E-state index in [9.17, 15) is 9.59 Å². The van der Waals surface area contributed by atoms with Crippen LogP contribution >= 0.6 is 0 Å². The van der Waals surface area contributed by atoms with Gasteiger partial charge in [-0.3, -0.25) is 9.59 Å². The Hall–Kier alpha value is -2.57. The van der Waals surface area contributed by atoms with Crippen molar-refractivity contribution >= 4 is 17.8 Å². The maximum atomic E-state index is 13.4. The first-order valence-electron chi connectivity index (χ1n) is 10.0. The lowest BCUT2D eigenvalue weighted by Gasteiger charge is -2.24. The van der Waals surface area contributed by atoms with Gasteiger partial charge in [-0.2, -0.15) is 0 Å². The van der Waals surface area contributed by atoms with E-state index in [1.54, 1.807) is 13.8 Å². The third-order valence-electron chi connectivity index (χ3n) is 5.55. The second-order valence-electron chi connectivity index (χ2n) is 8.05. The van der Waals surface area contributed by atoms with Crippen molar-refractivity contribution in [3.05, 3.63) is 59.2 Å². The van der Waals surface area contributed by atoms with Crippen LogP contribution in [0.3, 0.4) is 0 Å². The van der Waals surface area contributed by atoms with Crippen molar-refractivity contribution in [2.24, 2.45) is 5.92 Å². The number of imidazole rings is 1. The van der Waals surface area contributed by atoms with Gasteiger partial charge in [0.15, 0.2) is 23.5 Å². The van der Waals surface area contributed by atoms with Gasteiger partial charge in [0.1, 0.15) is 17.6 Å². The van der Waals surface area contributed by atoms with Crippen LogP contribution < -0.4 is 0 Å². The van der Waals surface area contributed by atoms with Crippen molar-refractivity contribution in [3.63, 3.8) is 0 Å². The molecule has 0 radical (unpaired) electrons. The maximum absolute atomic E-state index is 13.4. The average Bonchev–Trinajstić information content (AvgIpc) is 3.20. The van der Waals surface area contributed by atoms with Crippen molar-refractivity contribution in [2.45, 2.75) is 58.5 Å². The minimum atomic E-state index is -0.895. The summed E-state index contributed by atoms with van der Waals surface area (Å²) in [5.74, 6) is -1.35. The van der Waals surface area contributed by atoms with Crippen molar-refractivity contribution in [1.29, 1.82) is 0 Å². The van der Waals surface area contributed by atoms with E-state index in [1.807, 2.05) is 61.0 Å². The van der Waals surface area contributed by atoms with Crippen molar-refractivity contribution in [1.82, 2.24) is 9.55 Å². The van der Waals surface area contributed by atoms with Gasteiger partial charge in [0, 0.05) is 6.20 Å². The minimum absolute atomic E-state index is 0.220. The fourth-order valence-electron chi connectivity index (χ4n) is 4.28. The molecule has 0 N–H and O–H groups in total. The Kier molecular flexibility index (Phi) is 5.00. The third-order valence-corrected chi connectivity index (χ3v) is 5.55. The first kappa shape index (κ1) is 19.7. The molecule has 1 unspecified atom stereocenters. The number of ketones is 2. The van der Waals surface area contributed by atoms with E-state index in [-0.39, 0.29) is 11.6 Å². The number of fused-ring (bicyclic) bond motifs is 1. The monoisotopic (exact) mass is 394 g/mol. The SMILES string of the molecule is C/C=C\n1c(C)nc2c1CCC(C(=O)[C@@H]1OC(C)(C)O[C@H]1c1ccccc1)C2=O. The van der Waals surface area contributed by atoms with Crippen LogP contribution in [-0.2, 0) is 20.7 Å². The first-order valence-corrected chi connectivity index (χ1v) is 10.0. The van der Waals surface area contributed by atoms with Crippen molar-refractivity contribution in [3.8, 4) is 0 Å². The Bertz CT molecular complexity index is 974. The predicted octanol–water partition coefficient (Wildman–Crippen LogP) is 3.89. The second kappa shape index (κ2) is 7.35. The summed E-state index contributed by atoms with van der Waals surface area (Å²) in [6, 6.07) is 9.55. The van der Waals surface area contributed by atoms with Crippen molar-refractivity contribution < 1.29 is 19.1 Å². The molecule has 3 atom stereocenters. The summed E-state index contributed by atoms with van der Waals surface area (Å²) >= 11 is 0. The Morgan fingerprint density at radius 3 is 2.66 bits per heavy atom. The summed E-state index contributed by atoms with van der Waals surface area (Å²) in [5.41, 5.74) is 2.14. The highest BCUT2D eigenvalue weighted by atomic mass is 16.8. The number of ether oxygens (including phenoxy) is 2. The zero-order valence-electron chi connectivity index (χ0n) is 17.2. The fourth-order valence-corrected chi connectivity index (χ4v) is 4.28. The van der Waals surface area contributed by atoms with Crippen LogP contribution in [0.1, 0.15) is 60.9 Å². The van der Waals surface area contributed by atoms with Gasteiger partial charge in [0.05, 0.1) is 11.6 Å². The Labute approximate surface area is 170 Å². The van der Waals surface area contributed by atoms with Crippen LogP contribution in [0.15, 0.2) is 36.4 Å². The number of benzene rings is 1. The van der Waals surface area contributed by atoms with Crippen LogP contribution in [0.5, 0.6) is 0 Å². The Morgan fingerprint density at radius 1 is 1.24 bits per heavy atom. The van der Waals surface area contributed by atoms with Gasteiger partial charge in [-0.1, -0.05) is 36.4 Å². The van der Waals surface area contributed by atoms with Crippen LogP contribution in [0.25, 0.3) is 6.20 Å². The van der Waals surface area contributed by atoms with Gasteiger partial charge < -0.3 is 14.0 Å². The highest BCUT2D eigenvalue weighted by Crippen LogP contribution is 2.41. The summed E-state index contributed by atoms with van der Waals surface area (Å²) < 4.78 is 13.9. The number of hydrogen-bond donors (Lipinski definition) is 0. The average molecular weight is 394 g/mol. The third kappa shape index (κ3) is 3.47. The van der Waals surface area contributed by atoms with Gasteiger partial charge in [-0.25, -0.2) is 4.98 Å². The summed E-state index contributed by atoms with van der Waals surface area (Å²) in [4.78, 5) is 31.1. The summed E-state index contributed by atoms with van der Waals surface area (Å²) in [5, 5.41) is 0. The van der Waals surface area contributed by atoms with Gasteiger partial charge in [0.25, 0.3) is 0 Å². The van der Waals surface area contributed by atoms with Crippen LogP contribution in [-0.4, -0.2) is 33.0 Å². The molecule has 0 amide bonds. The zero-order valence-corrected chi connectivity index (χ0v) is 17.2. The number of nitrogens with zero attached hydrogens (tertiary/aromatic N) is 2. The smallest absolute Gasteiger partial charge is 0.193 e. The molecule has 152 valence electrons. The molecule has 2 aromatic rings. The summed E-state index contributed by atoms with van der Waals surface area (Å²) in [7, 11) is 0. The molecule has 0 spiro atoms. The normalized spacial score (nSPS) is 26.1. The minimum Gasteiger partial charge on any atom is -0.339 e. The van der Waals surface area contributed by atoms with E-state index in [2.05, 4.69) is 4.98 Å². The van der Waals surface area contributed by atoms with Gasteiger partial charge >= 0.3 is 0 Å².